The van der Waals surface area contributed by atoms with E-state index in [-0.39, 0.29) is 42.4 Å². The molecule has 2 atom stereocenters. The lowest BCUT2D eigenvalue weighted by Crippen LogP contribution is -2.55. The first-order chi connectivity index (χ1) is 12.4. The molecule has 1 aromatic carbocycles. The number of primary amides is 1. The van der Waals surface area contributed by atoms with Crippen molar-refractivity contribution in [3.63, 3.8) is 0 Å². The molecule has 1 fully saturated rings. The lowest BCUT2D eigenvalue weighted by molar-refractivity contribution is -0.125. The number of benzene rings is 1. The molecule has 1 heterocycles. The van der Waals surface area contributed by atoms with Gasteiger partial charge in [-0.1, -0.05) is 0 Å². The molecule has 0 bridgehead atoms. The number of rotatable bonds is 7. The van der Waals surface area contributed by atoms with Gasteiger partial charge in [-0.25, -0.2) is 0 Å². The SMILES string of the molecule is CNC(=O)CC1CC(=O)NC(SCC(=O)Nc2ccc(C(N)=O)cc2)N1. The van der Waals surface area contributed by atoms with Gasteiger partial charge in [0.2, 0.25) is 23.6 Å². The highest BCUT2D eigenvalue weighted by Gasteiger charge is 2.27. The highest BCUT2D eigenvalue weighted by molar-refractivity contribution is 8.00. The van der Waals surface area contributed by atoms with Crippen LogP contribution in [0.25, 0.3) is 0 Å². The Bertz CT molecular complexity index is 694. The van der Waals surface area contributed by atoms with Crippen molar-refractivity contribution in [3.05, 3.63) is 29.8 Å². The Labute approximate surface area is 154 Å². The van der Waals surface area contributed by atoms with Crippen LogP contribution < -0.4 is 27.0 Å². The zero-order valence-electron chi connectivity index (χ0n) is 14.2. The van der Waals surface area contributed by atoms with E-state index in [0.29, 0.717) is 11.3 Å². The van der Waals surface area contributed by atoms with Crippen molar-refractivity contribution >= 4 is 41.1 Å². The molecule has 6 N–H and O–H groups in total. The third-order valence-electron chi connectivity index (χ3n) is 3.66. The standard InChI is InChI=1S/C16H21N5O4S/c1-18-12(22)6-11-7-13(23)21-16(20-11)26-8-14(24)19-10-4-2-9(3-5-10)15(17)25/h2-5,11,16,20H,6-8H2,1H3,(H2,17,25)(H,18,22)(H,19,24)(H,21,23). The molecule has 0 saturated carbocycles. The average Bonchev–Trinajstić information content (AvgIpc) is 2.60. The molecule has 1 aliphatic rings. The highest BCUT2D eigenvalue weighted by Crippen LogP contribution is 2.15. The van der Waals surface area contributed by atoms with Gasteiger partial charge in [-0.05, 0) is 24.3 Å². The zero-order valence-corrected chi connectivity index (χ0v) is 15.0. The predicted molar refractivity (Wildman–Crippen MR) is 98.2 cm³/mol. The lowest BCUT2D eigenvalue weighted by atomic mass is 10.1. The normalized spacial score (nSPS) is 19.3. The van der Waals surface area contributed by atoms with Gasteiger partial charge in [0.1, 0.15) is 5.50 Å². The van der Waals surface area contributed by atoms with E-state index in [9.17, 15) is 19.2 Å². The summed E-state index contributed by atoms with van der Waals surface area (Å²) in [6, 6.07) is 5.95. The molecule has 2 rings (SSSR count). The maximum Gasteiger partial charge on any atom is 0.248 e. The number of amides is 4. The fraction of sp³-hybridized carbons (Fsp3) is 0.375. The highest BCUT2D eigenvalue weighted by atomic mass is 32.2. The minimum atomic E-state index is -0.538. The molecule has 0 radical (unpaired) electrons. The smallest absolute Gasteiger partial charge is 0.248 e. The van der Waals surface area contributed by atoms with Gasteiger partial charge in [0, 0.05) is 37.2 Å². The number of carbonyl (C=O) groups is 4. The second-order valence-electron chi connectivity index (χ2n) is 5.69. The van der Waals surface area contributed by atoms with Crippen LogP contribution in [0.4, 0.5) is 5.69 Å². The monoisotopic (exact) mass is 379 g/mol. The van der Waals surface area contributed by atoms with Crippen LogP contribution in [0.15, 0.2) is 24.3 Å². The second-order valence-corrected chi connectivity index (χ2v) is 6.79. The first kappa shape index (κ1) is 19.7. The summed E-state index contributed by atoms with van der Waals surface area (Å²) in [7, 11) is 1.54. The van der Waals surface area contributed by atoms with Gasteiger partial charge in [-0.15, -0.1) is 11.8 Å². The van der Waals surface area contributed by atoms with Crippen molar-refractivity contribution in [1.82, 2.24) is 16.0 Å². The Hall–Kier alpha value is -2.59. The first-order valence-electron chi connectivity index (χ1n) is 7.94. The molecule has 0 aliphatic carbocycles. The number of nitrogens with one attached hydrogen (secondary N) is 4. The fourth-order valence-corrected chi connectivity index (χ4v) is 3.26. The van der Waals surface area contributed by atoms with E-state index >= 15 is 0 Å². The fourth-order valence-electron chi connectivity index (χ4n) is 2.36. The number of anilines is 1. The Balaban J connectivity index is 1.81. The number of thioether (sulfide) groups is 1. The van der Waals surface area contributed by atoms with E-state index in [0.717, 1.165) is 0 Å². The van der Waals surface area contributed by atoms with Gasteiger partial charge < -0.3 is 21.7 Å². The van der Waals surface area contributed by atoms with Crippen molar-refractivity contribution < 1.29 is 19.2 Å². The van der Waals surface area contributed by atoms with Crippen LogP contribution in [0.5, 0.6) is 0 Å². The maximum absolute atomic E-state index is 12.0. The molecule has 4 amide bonds. The summed E-state index contributed by atoms with van der Waals surface area (Å²) in [5, 5.41) is 11.1. The Kier molecular flexibility index (Phi) is 6.98. The van der Waals surface area contributed by atoms with Crippen LogP contribution in [0.2, 0.25) is 0 Å². The van der Waals surface area contributed by atoms with Crippen LogP contribution in [0.1, 0.15) is 23.2 Å². The summed E-state index contributed by atoms with van der Waals surface area (Å²) in [4.78, 5) is 46.2. The molecular weight excluding hydrogens is 358 g/mol. The van der Waals surface area contributed by atoms with Crippen LogP contribution in [-0.4, -0.2) is 48.0 Å². The Morgan fingerprint density at radius 3 is 2.54 bits per heavy atom. The summed E-state index contributed by atoms with van der Waals surface area (Å²) in [6.45, 7) is 0. The van der Waals surface area contributed by atoms with Crippen LogP contribution in [-0.2, 0) is 14.4 Å². The molecular formula is C16H21N5O4S. The molecule has 1 aliphatic heterocycles. The summed E-state index contributed by atoms with van der Waals surface area (Å²) < 4.78 is 0. The minimum Gasteiger partial charge on any atom is -0.366 e. The number of hydrogen-bond donors (Lipinski definition) is 5. The largest absolute Gasteiger partial charge is 0.366 e. The van der Waals surface area contributed by atoms with Gasteiger partial charge in [0.05, 0.1) is 5.75 Å². The van der Waals surface area contributed by atoms with Gasteiger partial charge >= 0.3 is 0 Å². The number of carbonyl (C=O) groups excluding carboxylic acids is 4. The van der Waals surface area contributed by atoms with E-state index in [1.807, 2.05) is 0 Å². The topological polar surface area (TPSA) is 142 Å². The van der Waals surface area contributed by atoms with Gasteiger partial charge in [0.25, 0.3) is 0 Å². The van der Waals surface area contributed by atoms with Crippen LogP contribution >= 0.6 is 11.8 Å². The molecule has 0 spiro atoms. The quantitative estimate of drug-likeness (QED) is 0.426. The van der Waals surface area contributed by atoms with Crippen molar-refractivity contribution in [1.29, 1.82) is 0 Å². The molecule has 1 saturated heterocycles. The predicted octanol–water partition coefficient (Wildman–Crippen LogP) is -0.645. The third-order valence-corrected chi connectivity index (χ3v) is 4.67. The minimum absolute atomic E-state index is 0.0994. The summed E-state index contributed by atoms with van der Waals surface area (Å²) in [5.41, 5.74) is 5.61. The van der Waals surface area contributed by atoms with E-state index < -0.39 is 11.4 Å². The summed E-state index contributed by atoms with van der Waals surface area (Å²) in [5.74, 6) is -1.02. The van der Waals surface area contributed by atoms with E-state index in [1.54, 1.807) is 12.1 Å². The van der Waals surface area contributed by atoms with Gasteiger partial charge in [-0.3, -0.25) is 24.5 Å². The molecule has 1 aromatic rings. The Morgan fingerprint density at radius 1 is 1.23 bits per heavy atom. The van der Waals surface area contributed by atoms with Crippen LogP contribution in [0, 0.1) is 0 Å². The molecule has 9 nitrogen and oxygen atoms in total. The van der Waals surface area contributed by atoms with Crippen molar-refractivity contribution in [2.75, 3.05) is 18.1 Å². The summed E-state index contributed by atoms with van der Waals surface area (Å²) in [6.07, 6.45) is 0.405. The molecule has 26 heavy (non-hydrogen) atoms. The number of nitrogens with two attached hydrogens (primary N) is 1. The first-order valence-corrected chi connectivity index (χ1v) is 8.99. The lowest BCUT2D eigenvalue weighted by Gasteiger charge is -2.30. The van der Waals surface area contributed by atoms with Crippen molar-refractivity contribution in [2.24, 2.45) is 5.73 Å². The summed E-state index contributed by atoms with van der Waals surface area (Å²) >= 11 is 1.21. The number of hydrogen-bond acceptors (Lipinski definition) is 6. The van der Waals surface area contributed by atoms with Crippen molar-refractivity contribution in [2.45, 2.75) is 24.4 Å². The van der Waals surface area contributed by atoms with Crippen LogP contribution in [0.3, 0.4) is 0 Å². The molecule has 0 aromatic heterocycles. The molecule has 2 unspecified atom stereocenters. The van der Waals surface area contributed by atoms with Gasteiger partial charge in [0.15, 0.2) is 0 Å². The third kappa shape index (κ3) is 6.05. The zero-order chi connectivity index (χ0) is 19.1. The maximum atomic E-state index is 12.0. The Morgan fingerprint density at radius 2 is 1.92 bits per heavy atom. The van der Waals surface area contributed by atoms with E-state index in [4.69, 9.17) is 5.73 Å². The second kappa shape index (κ2) is 9.20. The van der Waals surface area contributed by atoms with Crippen molar-refractivity contribution in [3.8, 4) is 0 Å². The van der Waals surface area contributed by atoms with E-state index in [1.165, 1.54) is 30.9 Å². The van der Waals surface area contributed by atoms with Gasteiger partial charge in [-0.2, -0.15) is 0 Å². The van der Waals surface area contributed by atoms with E-state index in [2.05, 4.69) is 21.3 Å². The average molecular weight is 379 g/mol. The molecule has 10 heteroatoms. The molecule has 140 valence electrons.